The van der Waals surface area contributed by atoms with Crippen LogP contribution in [0.1, 0.15) is 23.1 Å². The van der Waals surface area contributed by atoms with E-state index in [-0.39, 0.29) is 23.1 Å². The number of aryl methyl sites for hydroxylation is 3. The van der Waals surface area contributed by atoms with Gasteiger partial charge in [0, 0.05) is 24.3 Å². The van der Waals surface area contributed by atoms with Crippen LogP contribution in [-0.2, 0) is 19.6 Å². The van der Waals surface area contributed by atoms with Crippen molar-refractivity contribution in [3.05, 3.63) is 83.4 Å². The molecule has 3 aromatic rings. The number of sulfonamides is 1. The predicted molar refractivity (Wildman–Crippen MR) is 133 cm³/mol. The van der Waals surface area contributed by atoms with Crippen LogP contribution in [0.25, 0.3) is 0 Å². The van der Waals surface area contributed by atoms with E-state index < -0.39 is 15.9 Å². The molecule has 0 aromatic heterocycles. The van der Waals surface area contributed by atoms with E-state index in [1.54, 1.807) is 23.1 Å². The number of rotatable bonds is 6. The Kier molecular flexibility index (Phi) is 6.43. The van der Waals surface area contributed by atoms with E-state index in [0.29, 0.717) is 17.9 Å². The number of nitrogens with zero attached hydrogens (tertiary/aromatic N) is 1. The Hall–Kier alpha value is -3.65. The summed E-state index contributed by atoms with van der Waals surface area (Å²) >= 11 is 0. The van der Waals surface area contributed by atoms with E-state index >= 15 is 0 Å². The summed E-state index contributed by atoms with van der Waals surface area (Å²) in [6.07, 6.45) is 0.131. The van der Waals surface area contributed by atoms with Gasteiger partial charge in [-0.25, -0.2) is 8.42 Å². The monoisotopic (exact) mass is 477 g/mol. The molecular formula is C26H27N3O4S. The number of nitrogens with one attached hydrogen (secondary N) is 2. The summed E-state index contributed by atoms with van der Waals surface area (Å²) in [5.41, 5.74) is 4.64. The molecule has 0 spiro atoms. The van der Waals surface area contributed by atoms with Gasteiger partial charge in [0.1, 0.15) is 0 Å². The van der Waals surface area contributed by atoms with E-state index in [0.717, 1.165) is 22.4 Å². The minimum Gasteiger partial charge on any atom is -0.326 e. The van der Waals surface area contributed by atoms with Crippen molar-refractivity contribution in [3.63, 3.8) is 0 Å². The highest BCUT2D eigenvalue weighted by atomic mass is 32.2. The summed E-state index contributed by atoms with van der Waals surface area (Å²) < 4.78 is 28.2. The van der Waals surface area contributed by atoms with E-state index in [1.807, 2.05) is 57.2 Å². The van der Waals surface area contributed by atoms with Gasteiger partial charge in [-0.15, -0.1) is 0 Å². The molecule has 7 nitrogen and oxygen atoms in total. The first-order valence-electron chi connectivity index (χ1n) is 11.0. The lowest BCUT2D eigenvalue weighted by Gasteiger charge is -2.17. The molecule has 1 aliphatic rings. The van der Waals surface area contributed by atoms with Crippen molar-refractivity contribution >= 4 is 38.9 Å². The maximum absolute atomic E-state index is 12.8. The van der Waals surface area contributed by atoms with Crippen LogP contribution in [0.5, 0.6) is 0 Å². The fourth-order valence-electron chi connectivity index (χ4n) is 3.87. The molecule has 1 saturated heterocycles. The maximum atomic E-state index is 12.8. The molecule has 1 fully saturated rings. The minimum absolute atomic E-state index is 0.0907. The Bertz CT molecular complexity index is 1330. The summed E-state index contributed by atoms with van der Waals surface area (Å²) in [5.74, 6) is -0.849. The fraction of sp³-hybridized carbons (Fsp3) is 0.231. The number of hydrogen-bond donors (Lipinski definition) is 2. The van der Waals surface area contributed by atoms with Crippen molar-refractivity contribution in [1.29, 1.82) is 0 Å². The van der Waals surface area contributed by atoms with Gasteiger partial charge in [0.2, 0.25) is 11.8 Å². The van der Waals surface area contributed by atoms with Gasteiger partial charge < -0.3 is 10.2 Å². The molecule has 0 radical (unpaired) electrons. The van der Waals surface area contributed by atoms with Crippen LogP contribution < -0.4 is 14.9 Å². The molecule has 1 aliphatic heterocycles. The third-order valence-electron chi connectivity index (χ3n) is 5.91. The van der Waals surface area contributed by atoms with Gasteiger partial charge in [0.25, 0.3) is 10.0 Å². The lowest BCUT2D eigenvalue weighted by atomic mass is 10.1. The fourth-order valence-corrected chi connectivity index (χ4v) is 4.99. The molecule has 4 rings (SSSR count). The molecule has 0 saturated carbocycles. The molecule has 2 N–H and O–H groups in total. The van der Waals surface area contributed by atoms with Crippen molar-refractivity contribution in [1.82, 2.24) is 0 Å². The van der Waals surface area contributed by atoms with Crippen LogP contribution in [0.15, 0.2) is 71.6 Å². The number of anilines is 3. The zero-order valence-electron chi connectivity index (χ0n) is 19.3. The van der Waals surface area contributed by atoms with Crippen molar-refractivity contribution in [2.45, 2.75) is 32.1 Å². The van der Waals surface area contributed by atoms with Crippen LogP contribution in [0.2, 0.25) is 0 Å². The highest BCUT2D eigenvalue weighted by Gasteiger charge is 2.35. The molecule has 1 atom stereocenters. The lowest BCUT2D eigenvalue weighted by molar-refractivity contribution is -0.122. The molecule has 1 unspecified atom stereocenters. The van der Waals surface area contributed by atoms with Gasteiger partial charge in [0.05, 0.1) is 16.5 Å². The largest absolute Gasteiger partial charge is 0.326 e. The number of carbonyl (C=O) groups is 2. The lowest BCUT2D eigenvalue weighted by Crippen LogP contribution is -2.28. The molecule has 1 heterocycles. The van der Waals surface area contributed by atoms with Crippen molar-refractivity contribution in [2.75, 3.05) is 21.5 Å². The molecule has 0 aliphatic carbocycles. The number of amides is 2. The summed E-state index contributed by atoms with van der Waals surface area (Å²) in [5, 5.41) is 2.80. The highest BCUT2D eigenvalue weighted by molar-refractivity contribution is 7.92. The number of benzene rings is 3. The number of hydrogen-bond acceptors (Lipinski definition) is 4. The maximum Gasteiger partial charge on any atom is 0.261 e. The Labute approximate surface area is 199 Å². The second-order valence-electron chi connectivity index (χ2n) is 8.68. The van der Waals surface area contributed by atoms with E-state index in [2.05, 4.69) is 10.0 Å². The molecule has 0 bridgehead atoms. The van der Waals surface area contributed by atoms with Crippen molar-refractivity contribution < 1.29 is 18.0 Å². The predicted octanol–water partition coefficient (Wildman–Crippen LogP) is 4.40. The van der Waals surface area contributed by atoms with E-state index in [1.165, 1.54) is 12.1 Å². The first-order chi connectivity index (χ1) is 16.1. The van der Waals surface area contributed by atoms with Gasteiger partial charge in [-0.1, -0.05) is 29.8 Å². The quantitative estimate of drug-likeness (QED) is 0.550. The SMILES string of the molecule is Cc1ccc(N2CC(C(=O)Nc3ccc(S(=O)(=O)Nc4cc(C)ccc4C)cc3)CC2=O)cc1. The Morgan fingerprint density at radius 1 is 0.912 bits per heavy atom. The zero-order chi connectivity index (χ0) is 24.5. The average Bonchev–Trinajstić information content (AvgIpc) is 3.19. The topological polar surface area (TPSA) is 95.6 Å². The molecule has 3 aromatic carbocycles. The number of carbonyl (C=O) groups excluding carboxylic acids is 2. The first kappa shape index (κ1) is 23.5. The van der Waals surface area contributed by atoms with Crippen molar-refractivity contribution in [3.8, 4) is 0 Å². The van der Waals surface area contributed by atoms with Crippen LogP contribution >= 0.6 is 0 Å². The Morgan fingerprint density at radius 2 is 1.56 bits per heavy atom. The summed E-state index contributed by atoms with van der Waals surface area (Å²) in [6.45, 7) is 6.01. The molecular weight excluding hydrogens is 450 g/mol. The van der Waals surface area contributed by atoms with Gasteiger partial charge in [-0.05, 0) is 74.4 Å². The summed E-state index contributed by atoms with van der Waals surface area (Å²) in [6, 6.07) is 19.2. The second kappa shape index (κ2) is 9.30. The third-order valence-corrected chi connectivity index (χ3v) is 7.29. The molecule has 176 valence electrons. The van der Waals surface area contributed by atoms with Crippen LogP contribution in [-0.4, -0.2) is 26.8 Å². The zero-order valence-corrected chi connectivity index (χ0v) is 20.1. The van der Waals surface area contributed by atoms with Crippen LogP contribution in [0, 0.1) is 26.7 Å². The van der Waals surface area contributed by atoms with Crippen LogP contribution in [0.4, 0.5) is 17.1 Å². The molecule has 8 heteroatoms. The summed E-state index contributed by atoms with van der Waals surface area (Å²) in [7, 11) is -3.78. The highest BCUT2D eigenvalue weighted by Crippen LogP contribution is 2.27. The van der Waals surface area contributed by atoms with Gasteiger partial charge in [-0.2, -0.15) is 0 Å². The van der Waals surface area contributed by atoms with Gasteiger partial charge in [0.15, 0.2) is 0 Å². The van der Waals surface area contributed by atoms with Crippen LogP contribution in [0.3, 0.4) is 0 Å². The van der Waals surface area contributed by atoms with E-state index in [9.17, 15) is 18.0 Å². The minimum atomic E-state index is -3.78. The molecule has 34 heavy (non-hydrogen) atoms. The Balaban J connectivity index is 1.41. The van der Waals surface area contributed by atoms with Gasteiger partial charge in [-0.3, -0.25) is 14.3 Å². The smallest absolute Gasteiger partial charge is 0.261 e. The second-order valence-corrected chi connectivity index (χ2v) is 10.4. The standard InChI is InChI=1S/C26H27N3O4S/c1-17-5-10-22(11-6-17)29-16-20(15-25(29)30)26(31)27-21-8-12-23(13-9-21)34(32,33)28-24-14-18(2)4-7-19(24)3/h4-14,20,28H,15-16H2,1-3H3,(H,27,31). The van der Waals surface area contributed by atoms with Crippen molar-refractivity contribution in [2.24, 2.45) is 5.92 Å². The summed E-state index contributed by atoms with van der Waals surface area (Å²) in [4.78, 5) is 26.9. The third kappa shape index (κ3) is 5.12. The van der Waals surface area contributed by atoms with Gasteiger partial charge >= 0.3 is 0 Å². The van der Waals surface area contributed by atoms with E-state index in [4.69, 9.17) is 0 Å². The Morgan fingerprint density at radius 3 is 2.24 bits per heavy atom. The first-order valence-corrected chi connectivity index (χ1v) is 12.5. The molecule has 2 amide bonds. The normalized spacial score (nSPS) is 15.9. The average molecular weight is 478 g/mol.